The van der Waals surface area contributed by atoms with E-state index in [0.29, 0.717) is 0 Å². The minimum Gasteiger partial charge on any atom is -0.356 e. The van der Waals surface area contributed by atoms with E-state index in [2.05, 4.69) is 20.9 Å². The smallest absolute Gasteiger partial charge is 0.203 e. The highest BCUT2D eigenvalue weighted by Gasteiger charge is 2.05. The molecule has 2 aromatic rings. The first kappa shape index (κ1) is 11.3. The number of benzene rings is 1. The molecule has 0 saturated carbocycles. The van der Waals surface area contributed by atoms with Crippen LogP contribution < -0.4 is 5.32 Å². The monoisotopic (exact) mass is 237 g/mol. The number of nitrogens with one attached hydrogen (secondary N) is 1. The van der Waals surface area contributed by atoms with E-state index >= 15 is 0 Å². The zero-order valence-corrected chi connectivity index (χ0v) is 10.2. The average Bonchev–Trinajstić information content (AvgIpc) is 2.63. The lowest BCUT2D eigenvalue weighted by atomic mass is 10.3. The van der Waals surface area contributed by atoms with Crippen LogP contribution in [-0.4, -0.2) is 22.0 Å². The topological polar surface area (TPSA) is 29.9 Å². The van der Waals surface area contributed by atoms with Crippen LogP contribution >= 0.6 is 11.6 Å². The molecule has 0 aliphatic rings. The number of nitrogens with zero attached hydrogens (tertiary/aromatic N) is 2. The number of alkyl halides is 1. The molecule has 0 spiro atoms. The zero-order chi connectivity index (χ0) is 11.4. The second kappa shape index (κ2) is 5.21. The number of aromatic nitrogens is 2. The van der Waals surface area contributed by atoms with Crippen LogP contribution in [0, 0.1) is 0 Å². The maximum absolute atomic E-state index is 5.63. The van der Waals surface area contributed by atoms with Gasteiger partial charge in [0.05, 0.1) is 11.0 Å². The summed E-state index contributed by atoms with van der Waals surface area (Å²) in [6, 6.07) is 8.14. The minimum atomic E-state index is 0.726. The molecule has 0 aliphatic carbocycles. The van der Waals surface area contributed by atoms with Crippen LogP contribution in [0.3, 0.4) is 0 Å². The molecule has 0 fully saturated rings. The summed E-state index contributed by atoms with van der Waals surface area (Å²) >= 11 is 5.63. The van der Waals surface area contributed by atoms with Gasteiger partial charge in [-0.15, -0.1) is 11.6 Å². The van der Waals surface area contributed by atoms with Gasteiger partial charge in [-0.1, -0.05) is 12.1 Å². The molecule has 16 heavy (non-hydrogen) atoms. The first-order valence-corrected chi connectivity index (χ1v) is 6.07. The molecule has 0 aliphatic heterocycles. The Morgan fingerprint density at radius 3 is 2.88 bits per heavy atom. The van der Waals surface area contributed by atoms with Gasteiger partial charge >= 0.3 is 0 Å². The Bertz CT molecular complexity index is 464. The van der Waals surface area contributed by atoms with Crippen molar-refractivity contribution in [1.82, 2.24) is 9.55 Å². The Hall–Kier alpha value is -1.22. The van der Waals surface area contributed by atoms with Gasteiger partial charge in [-0.2, -0.15) is 0 Å². The summed E-state index contributed by atoms with van der Waals surface area (Å²) in [7, 11) is 2.03. The van der Waals surface area contributed by atoms with Gasteiger partial charge < -0.3 is 9.88 Å². The number of hydrogen-bond donors (Lipinski definition) is 1. The average molecular weight is 238 g/mol. The molecular formula is C12H16ClN3. The van der Waals surface area contributed by atoms with Gasteiger partial charge in [0.2, 0.25) is 5.95 Å². The molecule has 1 aromatic carbocycles. The van der Waals surface area contributed by atoms with Crippen molar-refractivity contribution in [1.29, 1.82) is 0 Å². The lowest BCUT2D eigenvalue weighted by Crippen LogP contribution is -2.06. The molecule has 1 aromatic heterocycles. The summed E-state index contributed by atoms with van der Waals surface area (Å²) in [4.78, 5) is 4.53. The second-order valence-corrected chi connectivity index (χ2v) is 4.18. The van der Waals surface area contributed by atoms with Crippen molar-refractivity contribution in [3.63, 3.8) is 0 Å². The SMILES string of the molecule is Cn1c(NCCCCCl)nc2ccccc21. The summed E-state index contributed by atoms with van der Waals surface area (Å²) in [5.41, 5.74) is 2.19. The quantitative estimate of drug-likeness (QED) is 0.640. The number of hydrogen-bond acceptors (Lipinski definition) is 2. The van der Waals surface area contributed by atoms with E-state index in [0.717, 1.165) is 42.2 Å². The Morgan fingerprint density at radius 1 is 1.31 bits per heavy atom. The lowest BCUT2D eigenvalue weighted by molar-refractivity contribution is 0.820. The third-order valence-electron chi connectivity index (χ3n) is 2.63. The molecule has 0 unspecified atom stereocenters. The number of rotatable bonds is 5. The van der Waals surface area contributed by atoms with E-state index < -0.39 is 0 Å². The molecule has 0 bridgehead atoms. The fourth-order valence-electron chi connectivity index (χ4n) is 1.72. The molecule has 3 nitrogen and oxygen atoms in total. The highest BCUT2D eigenvalue weighted by Crippen LogP contribution is 2.17. The van der Waals surface area contributed by atoms with Gasteiger partial charge in [-0.3, -0.25) is 0 Å². The fourth-order valence-corrected chi connectivity index (χ4v) is 1.91. The normalized spacial score (nSPS) is 10.9. The van der Waals surface area contributed by atoms with E-state index in [1.807, 2.05) is 25.2 Å². The van der Waals surface area contributed by atoms with Crippen molar-refractivity contribution in [2.75, 3.05) is 17.7 Å². The Kier molecular flexibility index (Phi) is 3.67. The summed E-state index contributed by atoms with van der Waals surface area (Å²) < 4.78 is 2.08. The van der Waals surface area contributed by atoms with E-state index in [1.54, 1.807) is 0 Å². The Labute approximate surface area is 100 Å². The molecule has 2 rings (SSSR count). The van der Waals surface area contributed by atoms with Crippen LogP contribution in [0.4, 0.5) is 5.95 Å². The van der Waals surface area contributed by atoms with Crippen molar-refractivity contribution in [3.8, 4) is 0 Å². The predicted octanol–water partition coefficient (Wildman–Crippen LogP) is 3.00. The molecule has 0 amide bonds. The first-order chi connectivity index (χ1) is 7.83. The summed E-state index contributed by atoms with van der Waals surface area (Å²) in [6.45, 7) is 0.921. The van der Waals surface area contributed by atoms with Crippen LogP contribution in [0.5, 0.6) is 0 Å². The van der Waals surface area contributed by atoms with Crippen LogP contribution in [0.1, 0.15) is 12.8 Å². The second-order valence-electron chi connectivity index (χ2n) is 3.81. The van der Waals surface area contributed by atoms with Gasteiger partial charge in [0.25, 0.3) is 0 Å². The molecule has 4 heteroatoms. The number of para-hydroxylation sites is 2. The van der Waals surface area contributed by atoms with E-state index in [4.69, 9.17) is 11.6 Å². The minimum absolute atomic E-state index is 0.726. The lowest BCUT2D eigenvalue weighted by Gasteiger charge is -2.04. The fraction of sp³-hybridized carbons (Fsp3) is 0.417. The van der Waals surface area contributed by atoms with Crippen molar-refractivity contribution >= 4 is 28.6 Å². The number of unbranched alkanes of at least 4 members (excludes halogenated alkanes) is 1. The van der Waals surface area contributed by atoms with Crippen LogP contribution in [0.25, 0.3) is 11.0 Å². The van der Waals surface area contributed by atoms with Gasteiger partial charge in [0.1, 0.15) is 0 Å². The number of anilines is 1. The highest BCUT2D eigenvalue weighted by molar-refractivity contribution is 6.17. The number of imidazole rings is 1. The highest BCUT2D eigenvalue weighted by atomic mass is 35.5. The third-order valence-corrected chi connectivity index (χ3v) is 2.90. The predicted molar refractivity (Wildman–Crippen MR) is 69.2 cm³/mol. The Balaban J connectivity index is 2.09. The number of fused-ring (bicyclic) bond motifs is 1. The summed E-state index contributed by atoms with van der Waals surface area (Å²) in [6.07, 6.45) is 2.12. The van der Waals surface area contributed by atoms with Crippen LogP contribution in [0.2, 0.25) is 0 Å². The van der Waals surface area contributed by atoms with Crippen LogP contribution in [0.15, 0.2) is 24.3 Å². The summed E-state index contributed by atoms with van der Waals surface area (Å²) in [5, 5.41) is 3.33. The molecule has 1 N–H and O–H groups in total. The summed E-state index contributed by atoms with van der Waals surface area (Å²) in [5.74, 6) is 1.65. The van der Waals surface area contributed by atoms with Gasteiger partial charge in [0, 0.05) is 19.5 Å². The molecule has 0 atom stereocenters. The van der Waals surface area contributed by atoms with E-state index in [1.165, 1.54) is 0 Å². The van der Waals surface area contributed by atoms with Gasteiger partial charge in [-0.25, -0.2) is 4.98 Å². The molecule has 0 radical (unpaired) electrons. The standard InChI is InChI=1S/C12H16ClN3/c1-16-11-7-3-2-6-10(11)15-12(16)14-9-5-4-8-13/h2-3,6-7H,4-5,8-9H2,1H3,(H,14,15). The van der Waals surface area contributed by atoms with Crippen LogP contribution in [-0.2, 0) is 7.05 Å². The maximum atomic E-state index is 5.63. The largest absolute Gasteiger partial charge is 0.356 e. The van der Waals surface area contributed by atoms with Gasteiger partial charge in [0.15, 0.2) is 0 Å². The van der Waals surface area contributed by atoms with Gasteiger partial charge in [-0.05, 0) is 25.0 Å². The maximum Gasteiger partial charge on any atom is 0.203 e. The zero-order valence-electron chi connectivity index (χ0n) is 9.41. The van der Waals surface area contributed by atoms with Crippen molar-refractivity contribution in [3.05, 3.63) is 24.3 Å². The van der Waals surface area contributed by atoms with E-state index in [9.17, 15) is 0 Å². The molecule has 1 heterocycles. The first-order valence-electron chi connectivity index (χ1n) is 5.54. The number of aryl methyl sites for hydroxylation is 1. The Morgan fingerprint density at radius 2 is 2.12 bits per heavy atom. The van der Waals surface area contributed by atoms with Crippen molar-refractivity contribution < 1.29 is 0 Å². The third kappa shape index (κ3) is 2.30. The van der Waals surface area contributed by atoms with Crippen molar-refractivity contribution in [2.45, 2.75) is 12.8 Å². The molecule has 0 saturated heterocycles. The molecule has 86 valence electrons. The van der Waals surface area contributed by atoms with E-state index in [-0.39, 0.29) is 0 Å². The number of halogens is 1. The molecular weight excluding hydrogens is 222 g/mol. The van der Waals surface area contributed by atoms with Crippen molar-refractivity contribution in [2.24, 2.45) is 7.05 Å².